The maximum Gasteiger partial charge on any atom is 0.271 e. The highest BCUT2D eigenvalue weighted by Crippen LogP contribution is 2.17. The lowest BCUT2D eigenvalue weighted by Crippen LogP contribution is -2.24. The molecule has 0 radical (unpaired) electrons. The molecule has 1 aromatic rings. The smallest absolute Gasteiger partial charge is 0.271 e. The molecule has 0 atom stereocenters. The van der Waals surface area contributed by atoms with Crippen LogP contribution in [0.3, 0.4) is 0 Å². The van der Waals surface area contributed by atoms with E-state index in [9.17, 15) is 14.9 Å². The Labute approximate surface area is 112 Å². The molecule has 1 aromatic carbocycles. The standard InChI is InChI=1S/C13H19N3O3/c1-10(2)14-8-4-7-13(17)15-11-5-3-6-12(9-11)16(18)19/h3,5-6,9-10,14H,4,7-8H2,1-2H3,(H,15,17). The van der Waals surface area contributed by atoms with Gasteiger partial charge in [0.05, 0.1) is 4.92 Å². The second-order valence-electron chi connectivity index (χ2n) is 4.57. The van der Waals surface area contributed by atoms with Gasteiger partial charge in [-0.05, 0) is 19.0 Å². The SMILES string of the molecule is CC(C)NCCCC(=O)Nc1cccc([N+](=O)[O-])c1. The van der Waals surface area contributed by atoms with Crippen molar-refractivity contribution in [1.82, 2.24) is 5.32 Å². The number of nitrogens with one attached hydrogen (secondary N) is 2. The number of benzene rings is 1. The number of carbonyl (C=O) groups excluding carboxylic acids is 1. The van der Waals surface area contributed by atoms with E-state index < -0.39 is 4.92 Å². The van der Waals surface area contributed by atoms with E-state index in [-0.39, 0.29) is 11.6 Å². The molecule has 104 valence electrons. The van der Waals surface area contributed by atoms with Gasteiger partial charge in [-0.1, -0.05) is 19.9 Å². The fourth-order valence-corrected chi connectivity index (χ4v) is 1.56. The Balaban J connectivity index is 2.40. The molecule has 0 aliphatic heterocycles. The zero-order chi connectivity index (χ0) is 14.3. The molecule has 2 N–H and O–H groups in total. The fourth-order valence-electron chi connectivity index (χ4n) is 1.56. The molecule has 0 aromatic heterocycles. The molecule has 19 heavy (non-hydrogen) atoms. The van der Waals surface area contributed by atoms with E-state index in [1.54, 1.807) is 12.1 Å². The van der Waals surface area contributed by atoms with Crippen molar-refractivity contribution in [2.24, 2.45) is 0 Å². The van der Waals surface area contributed by atoms with Crippen molar-refractivity contribution in [2.45, 2.75) is 32.7 Å². The van der Waals surface area contributed by atoms with Gasteiger partial charge in [-0.2, -0.15) is 0 Å². The Morgan fingerprint density at radius 2 is 2.16 bits per heavy atom. The van der Waals surface area contributed by atoms with E-state index >= 15 is 0 Å². The van der Waals surface area contributed by atoms with Gasteiger partial charge in [-0.15, -0.1) is 0 Å². The van der Waals surface area contributed by atoms with E-state index in [0.29, 0.717) is 18.2 Å². The van der Waals surface area contributed by atoms with Crippen molar-refractivity contribution in [3.63, 3.8) is 0 Å². The summed E-state index contributed by atoms with van der Waals surface area (Å²) in [5.41, 5.74) is 0.426. The summed E-state index contributed by atoms with van der Waals surface area (Å²) >= 11 is 0. The van der Waals surface area contributed by atoms with Gasteiger partial charge in [-0.25, -0.2) is 0 Å². The maximum absolute atomic E-state index is 11.6. The molecular formula is C13H19N3O3. The van der Waals surface area contributed by atoms with Crippen molar-refractivity contribution in [3.05, 3.63) is 34.4 Å². The second-order valence-corrected chi connectivity index (χ2v) is 4.57. The molecule has 0 heterocycles. The van der Waals surface area contributed by atoms with Crippen LogP contribution in [0.25, 0.3) is 0 Å². The largest absolute Gasteiger partial charge is 0.326 e. The third-order valence-electron chi connectivity index (χ3n) is 2.47. The Morgan fingerprint density at radius 1 is 1.42 bits per heavy atom. The third-order valence-corrected chi connectivity index (χ3v) is 2.47. The first kappa shape index (κ1) is 15.1. The first-order chi connectivity index (χ1) is 8.99. The Hall–Kier alpha value is -1.95. The summed E-state index contributed by atoms with van der Waals surface area (Å²) in [5, 5.41) is 16.5. The van der Waals surface area contributed by atoms with Gasteiger partial charge in [0.15, 0.2) is 0 Å². The molecule has 6 heteroatoms. The predicted molar refractivity (Wildman–Crippen MR) is 74.1 cm³/mol. The highest BCUT2D eigenvalue weighted by molar-refractivity contribution is 5.90. The number of carbonyl (C=O) groups is 1. The van der Waals surface area contributed by atoms with Gasteiger partial charge in [0.25, 0.3) is 5.69 Å². The number of anilines is 1. The lowest BCUT2D eigenvalue weighted by Gasteiger charge is -2.08. The van der Waals surface area contributed by atoms with Crippen molar-refractivity contribution < 1.29 is 9.72 Å². The molecule has 0 unspecified atom stereocenters. The average molecular weight is 265 g/mol. The van der Waals surface area contributed by atoms with Crippen LogP contribution in [-0.2, 0) is 4.79 Å². The predicted octanol–water partition coefficient (Wildman–Crippen LogP) is 2.31. The first-order valence-corrected chi connectivity index (χ1v) is 6.26. The zero-order valence-corrected chi connectivity index (χ0v) is 11.2. The molecule has 0 saturated carbocycles. The van der Waals surface area contributed by atoms with Crippen molar-refractivity contribution >= 4 is 17.3 Å². The van der Waals surface area contributed by atoms with Gasteiger partial charge in [-0.3, -0.25) is 14.9 Å². The van der Waals surface area contributed by atoms with Crippen LogP contribution in [0.2, 0.25) is 0 Å². The van der Waals surface area contributed by atoms with E-state index in [2.05, 4.69) is 10.6 Å². The summed E-state index contributed by atoms with van der Waals surface area (Å²) in [4.78, 5) is 21.7. The third kappa shape index (κ3) is 5.96. The minimum atomic E-state index is -0.484. The molecule has 6 nitrogen and oxygen atoms in total. The monoisotopic (exact) mass is 265 g/mol. The minimum absolute atomic E-state index is 0.0284. The lowest BCUT2D eigenvalue weighted by molar-refractivity contribution is -0.384. The normalized spacial score (nSPS) is 10.5. The fraction of sp³-hybridized carbons (Fsp3) is 0.462. The summed E-state index contributed by atoms with van der Waals surface area (Å²) < 4.78 is 0. The molecule has 0 fully saturated rings. The van der Waals surface area contributed by atoms with Crippen LogP contribution < -0.4 is 10.6 Å². The molecule has 0 saturated heterocycles. The number of nitrogens with zero attached hydrogens (tertiary/aromatic N) is 1. The summed E-state index contributed by atoms with van der Waals surface area (Å²) in [6.07, 6.45) is 1.13. The van der Waals surface area contributed by atoms with E-state index in [0.717, 1.165) is 13.0 Å². The topological polar surface area (TPSA) is 84.3 Å². The summed E-state index contributed by atoms with van der Waals surface area (Å²) in [7, 11) is 0. The molecule has 0 spiro atoms. The molecular weight excluding hydrogens is 246 g/mol. The lowest BCUT2D eigenvalue weighted by atomic mass is 10.2. The Kier molecular flexibility index (Phi) is 5.95. The van der Waals surface area contributed by atoms with Crippen molar-refractivity contribution in [3.8, 4) is 0 Å². The van der Waals surface area contributed by atoms with E-state index in [1.807, 2.05) is 13.8 Å². The van der Waals surface area contributed by atoms with Crippen LogP contribution >= 0.6 is 0 Å². The van der Waals surface area contributed by atoms with Crippen LogP contribution in [0.1, 0.15) is 26.7 Å². The molecule has 1 rings (SSSR count). The van der Waals surface area contributed by atoms with Crippen LogP contribution in [0.4, 0.5) is 11.4 Å². The number of non-ortho nitro benzene ring substituents is 1. The molecule has 0 aliphatic rings. The van der Waals surface area contributed by atoms with Crippen LogP contribution in [0, 0.1) is 10.1 Å². The van der Waals surface area contributed by atoms with E-state index in [4.69, 9.17) is 0 Å². The first-order valence-electron chi connectivity index (χ1n) is 6.26. The maximum atomic E-state index is 11.6. The Morgan fingerprint density at radius 3 is 2.79 bits per heavy atom. The summed E-state index contributed by atoms with van der Waals surface area (Å²) in [6, 6.07) is 6.33. The van der Waals surface area contributed by atoms with Crippen molar-refractivity contribution in [1.29, 1.82) is 0 Å². The highest BCUT2D eigenvalue weighted by Gasteiger charge is 2.07. The average Bonchev–Trinajstić information content (AvgIpc) is 2.34. The van der Waals surface area contributed by atoms with Gasteiger partial charge in [0.1, 0.15) is 0 Å². The van der Waals surface area contributed by atoms with Crippen LogP contribution in [0.5, 0.6) is 0 Å². The number of nitro benzene ring substituents is 1. The number of hydrogen-bond donors (Lipinski definition) is 2. The minimum Gasteiger partial charge on any atom is -0.326 e. The molecule has 1 amide bonds. The highest BCUT2D eigenvalue weighted by atomic mass is 16.6. The van der Waals surface area contributed by atoms with Crippen molar-refractivity contribution in [2.75, 3.05) is 11.9 Å². The van der Waals surface area contributed by atoms with E-state index in [1.165, 1.54) is 12.1 Å². The second kappa shape index (κ2) is 7.48. The summed E-state index contributed by atoms with van der Waals surface area (Å²) in [5.74, 6) is -0.133. The number of rotatable bonds is 7. The van der Waals surface area contributed by atoms with Gasteiger partial charge in [0.2, 0.25) is 5.91 Å². The summed E-state index contributed by atoms with van der Waals surface area (Å²) in [6.45, 7) is 4.87. The quantitative estimate of drug-likeness (QED) is 0.450. The molecule has 0 aliphatic carbocycles. The van der Waals surface area contributed by atoms with Crippen LogP contribution in [-0.4, -0.2) is 23.4 Å². The van der Waals surface area contributed by atoms with Gasteiger partial charge < -0.3 is 10.6 Å². The van der Waals surface area contributed by atoms with Crippen LogP contribution in [0.15, 0.2) is 24.3 Å². The molecule has 0 bridgehead atoms. The Bertz CT molecular complexity index is 447. The number of hydrogen-bond acceptors (Lipinski definition) is 4. The van der Waals surface area contributed by atoms with Gasteiger partial charge >= 0.3 is 0 Å². The van der Waals surface area contributed by atoms with Gasteiger partial charge in [0, 0.05) is 30.3 Å². The number of nitro groups is 1. The zero-order valence-electron chi connectivity index (χ0n) is 11.2. The number of amides is 1.